The molecule has 2 aliphatic carbocycles. The minimum absolute atomic E-state index is 0.439. The fourth-order valence-electron chi connectivity index (χ4n) is 5.00. The van der Waals surface area contributed by atoms with Gasteiger partial charge in [0.1, 0.15) is 0 Å². The van der Waals surface area contributed by atoms with Crippen molar-refractivity contribution in [3.05, 3.63) is 47.5 Å². The van der Waals surface area contributed by atoms with Crippen molar-refractivity contribution in [2.45, 2.75) is 50.5 Å². The highest BCUT2D eigenvalue weighted by molar-refractivity contribution is 5.80. The zero-order chi connectivity index (χ0) is 15.9. The topological polar surface area (TPSA) is 40.5 Å². The van der Waals surface area contributed by atoms with Gasteiger partial charge in [0.2, 0.25) is 0 Å². The Hall–Kier alpha value is -1.61. The summed E-state index contributed by atoms with van der Waals surface area (Å²) in [6, 6.07) is 11.3. The minimum atomic E-state index is -0.595. The van der Waals surface area contributed by atoms with E-state index < -0.39 is 11.4 Å². The van der Waals surface area contributed by atoms with Gasteiger partial charge in [-0.25, -0.2) is 0 Å². The second-order valence-electron chi connectivity index (χ2n) is 7.44. The van der Waals surface area contributed by atoms with Crippen molar-refractivity contribution in [2.24, 2.45) is 5.41 Å². The van der Waals surface area contributed by atoms with E-state index in [-0.39, 0.29) is 0 Å². The van der Waals surface area contributed by atoms with Gasteiger partial charge < -0.3 is 5.11 Å². The predicted octanol–water partition coefficient (Wildman–Crippen LogP) is 3.82. The number of carboxylic acid groups (broad SMARTS) is 1. The molecule has 1 saturated carbocycles. The molecule has 3 heteroatoms. The van der Waals surface area contributed by atoms with E-state index >= 15 is 0 Å². The Morgan fingerprint density at radius 2 is 1.91 bits per heavy atom. The average molecular weight is 311 g/mol. The van der Waals surface area contributed by atoms with E-state index in [1.165, 1.54) is 24.0 Å². The average Bonchev–Trinajstić information content (AvgIpc) is 3.14. The minimum Gasteiger partial charge on any atom is -0.481 e. The summed E-state index contributed by atoms with van der Waals surface area (Å²) < 4.78 is 0. The third-order valence-corrected chi connectivity index (χ3v) is 6.34. The molecule has 2 fully saturated rings. The van der Waals surface area contributed by atoms with E-state index in [2.05, 4.69) is 41.3 Å². The van der Waals surface area contributed by atoms with E-state index in [0.717, 1.165) is 38.8 Å². The number of carboxylic acids is 1. The summed E-state index contributed by atoms with van der Waals surface area (Å²) in [6.07, 6.45) is 8.15. The van der Waals surface area contributed by atoms with Crippen molar-refractivity contribution in [2.75, 3.05) is 13.1 Å². The number of rotatable bonds is 3. The van der Waals surface area contributed by atoms with Crippen molar-refractivity contribution >= 4 is 5.97 Å². The third kappa shape index (κ3) is 2.51. The number of aliphatic carboxylic acids is 1. The fraction of sp³-hybridized carbons (Fsp3) is 0.550. The predicted molar refractivity (Wildman–Crippen MR) is 90.4 cm³/mol. The number of carbonyl (C=O) groups is 1. The van der Waals surface area contributed by atoms with Gasteiger partial charge in [-0.05, 0) is 63.1 Å². The Bertz CT molecular complexity index is 616. The van der Waals surface area contributed by atoms with Gasteiger partial charge in [-0.1, -0.05) is 42.0 Å². The molecule has 3 nitrogen and oxygen atoms in total. The molecule has 4 rings (SSSR count). The van der Waals surface area contributed by atoms with Crippen LogP contribution in [0.3, 0.4) is 0 Å². The number of allylic oxidation sites excluding steroid dienone is 1. The zero-order valence-electron chi connectivity index (χ0n) is 13.6. The monoisotopic (exact) mass is 311 g/mol. The SMILES string of the molecule is O=C(O)C12CCC=C1CC(N1CCC(c3ccccc3)CC1)C2. The molecule has 1 aromatic rings. The highest BCUT2D eigenvalue weighted by Crippen LogP contribution is 2.52. The van der Waals surface area contributed by atoms with Gasteiger partial charge in [0.25, 0.3) is 0 Å². The number of hydrogen-bond donors (Lipinski definition) is 1. The van der Waals surface area contributed by atoms with Crippen LogP contribution in [0.1, 0.15) is 50.0 Å². The van der Waals surface area contributed by atoms with Crippen molar-refractivity contribution in [3.63, 3.8) is 0 Å². The maximum atomic E-state index is 11.8. The van der Waals surface area contributed by atoms with Gasteiger partial charge in [-0.15, -0.1) is 0 Å². The number of likely N-dealkylation sites (tertiary alicyclic amines) is 1. The van der Waals surface area contributed by atoms with Crippen molar-refractivity contribution in [1.82, 2.24) is 4.90 Å². The number of nitrogens with zero attached hydrogens (tertiary/aromatic N) is 1. The molecule has 0 aromatic heterocycles. The first-order valence-corrected chi connectivity index (χ1v) is 8.91. The van der Waals surface area contributed by atoms with Gasteiger partial charge >= 0.3 is 5.97 Å². The Morgan fingerprint density at radius 1 is 1.17 bits per heavy atom. The fourth-order valence-corrected chi connectivity index (χ4v) is 5.00. The first-order chi connectivity index (χ1) is 11.2. The number of fused-ring (bicyclic) bond motifs is 1. The molecule has 0 radical (unpaired) electrons. The largest absolute Gasteiger partial charge is 0.481 e. The van der Waals surface area contributed by atoms with Crippen molar-refractivity contribution < 1.29 is 9.90 Å². The Balaban J connectivity index is 1.41. The van der Waals surface area contributed by atoms with Crippen LogP contribution >= 0.6 is 0 Å². The summed E-state index contributed by atoms with van der Waals surface area (Å²) >= 11 is 0. The number of benzene rings is 1. The standard InChI is InChI=1S/C20H25NO2/c22-19(23)20-10-4-7-17(20)13-18(14-20)21-11-8-16(9-12-21)15-5-2-1-3-6-15/h1-3,5-7,16,18H,4,8-14H2,(H,22,23). The van der Waals surface area contributed by atoms with Gasteiger partial charge in [-0.3, -0.25) is 9.69 Å². The molecular formula is C20H25NO2. The Kier molecular flexibility index (Phi) is 3.76. The van der Waals surface area contributed by atoms with Gasteiger partial charge in [0.15, 0.2) is 0 Å². The lowest BCUT2D eigenvalue weighted by molar-refractivity contribution is -0.146. The maximum absolute atomic E-state index is 11.8. The lowest BCUT2D eigenvalue weighted by Gasteiger charge is -2.36. The molecule has 1 aromatic carbocycles. The van der Waals surface area contributed by atoms with Crippen LogP contribution in [0.25, 0.3) is 0 Å². The molecule has 23 heavy (non-hydrogen) atoms. The molecule has 2 unspecified atom stereocenters. The maximum Gasteiger partial charge on any atom is 0.313 e. The number of hydrogen-bond acceptors (Lipinski definition) is 2. The zero-order valence-corrected chi connectivity index (χ0v) is 13.6. The summed E-state index contributed by atoms with van der Waals surface area (Å²) in [5.41, 5.74) is 2.14. The van der Waals surface area contributed by atoms with Crippen LogP contribution in [-0.4, -0.2) is 35.1 Å². The summed E-state index contributed by atoms with van der Waals surface area (Å²) in [7, 11) is 0. The molecular weight excluding hydrogens is 286 g/mol. The second kappa shape index (κ2) is 5.79. The lowest BCUT2D eigenvalue weighted by Crippen LogP contribution is -2.41. The molecule has 2 atom stereocenters. The highest BCUT2D eigenvalue weighted by atomic mass is 16.4. The second-order valence-corrected chi connectivity index (χ2v) is 7.44. The molecule has 1 aliphatic heterocycles. The lowest BCUT2D eigenvalue weighted by atomic mass is 9.82. The Morgan fingerprint density at radius 3 is 2.57 bits per heavy atom. The first kappa shape index (κ1) is 14.9. The first-order valence-electron chi connectivity index (χ1n) is 8.91. The van der Waals surface area contributed by atoms with Crippen LogP contribution < -0.4 is 0 Å². The molecule has 1 saturated heterocycles. The summed E-state index contributed by atoms with van der Waals surface area (Å²) in [4.78, 5) is 14.4. The van der Waals surface area contributed by atoms with E-state index in [4.69, 9.17) is 0 Å². The summed E-state index contributed by atoms with van der Waals surface area (Å²) in [5.74, 6) is 0.0731. The van der Waals surface area contributed by atoms with Crippen LogP contribution in [0.2, 0.25) is 0 Å². The normalized spacial score (nSPS) is 31.8. The van der Waals surface area contributed by atoms with Gasteiger partial charge in [-0.2, -0.15) is 0 Å². The molecule has 0 amide bonds. The molecule has 0 spiro atoms. The van der Waals surface area contributed by atoms with E-state index in [1.54, 1.807) is 0 Å². The van der Waals surface area contributed by atoms with Crippen LogP contribution in [0.4, 0.5) is 0 Å². The van der Waals surface area contributed by atoms with Crippen LogP contribution in [0, 0.1) is 5.41 Å². The van der Waals surface area contributed by atoms with E-state index in [0.29, 0.717) is 12.0 Å². The van der Waals surface area contributed by atoms with Crippen LogP contribution in [-0.2, 0) is 4.79 Å². The Labute approximate surface area is 138 Å². The van der Waals surface area contributed by atoms with Crippen LogP contribution in [0.5, 0.6) is 0 Å². The molecule has 3 aliphatic rings. The number of piperidine rings is 1. The van der Waals surface area contributed by atoms with Crippen LogP contribution in [0.15, 0.2) is 42.0 Å². The molecule has 1 N–H and O–H groups in total. The quantitative estimate of drug-likeness (QED) is 0.863. The van der Waals surface area contributed by atoms with E-state index in [9.17, 15) is 9.90 Å². The van der Waals surface area contributed by atoms with Crippen molar-refractivity contribution in [1.29, 1.82) is 0 Å². The van der Waals surface area contributed by atoms with Crippen molar-refractivity contribution in [3.8, 4) is 0 Å². The summed E-state index contributed by atoms with van der Waals surface area (Å²) in [6.45, 7) is 2.21. The molecule has 122 valence electrons. The smallest absolute Gasteiger partial charge is 0.313 e. The summed E-state index contributed by atoms with van der Waals surface area (Å²) in [5, 5.41) is 9.72. The van der Waals surface area contributed by atoms with E-state index in [1.807, 2.05) is 0 Å². The van der Waals surface area contributed by atoms with Gasteiger partial charge in [0, 0.05) is 6.04 Å². The highest BCUT2D eigenvalue weighted by Gasteiger charge is 2.52. The van der Waals surface area contributed by atoms with Gasteiger partial charge in [0.05, 0.1) is 5.41 Å². The third-order valence-electron chi connectivity index (χ3n) is 6.34. The molecule has 1 heterocycles. The molecule has 0 bridgehead atoms.